The Hall–Kier alpha value is -2.62. The molecular formula is C20H24N2O2. The van der Waals surface area contributed by atoms with Crippen molar-refractivity contribution >= 4 is 11.4 Å². The van der Waals surface area contributed by atoms with Gasteiger partial charge in [0.25, 0.3) is 0 Å². The number of oxime groups is 2. The maximum absolute atomic E-state index is 9.16. The highest BCUT2D eigenvalue weighted by Crippen LogP contribution is 2.13. The molecule has 0 bridgehead atoms. The van der Waals surface area contributed by atoms with Gasteiger partial charge >= 0.3 is 0 Å². The first kappa shape index (κ1) is 17.7. The maximum atomic E-state index is 9.16. The lowest BCUT2D eigenvalue weighted by Crippen LogP contribution is -2.02. The Balaban J connectivity index is 1.68. The van der Waals surface area contributed by atoms with E-state index in [-0.39, 0.29) is 0 Å². The zero-order chi connectivity index (χ0) is 17.0. The molecule has 0 atom stereocenters. The van der Waals surface area contributed by atoms with Gasteiger partial charge in [-0.25, -0.2) is 0 Å². The predicted molar refractivity (Wildman–Crippen MR) is 97.2 cm³/mol. The van der Waals surface area contributed by atoms with Gasteiger partial charge in [0.15, 0.2) is 0 Å². The zero-order valence-corrected chi connectivity index (χ0v) is 13.8. The van der Waals surface area contributed by atoms with E-state index in [0.29, 0.717) is 0 Å². The molecule has 2 N–H and O–H groups in total. The van der Waals surface area contributed by atoms with E-state index in [1.54, 1.807) is 0 Å². The largest absolute Gasteiger partial charge is 0.411 e. The Morgan fingerprint density at radius 3 is 1.29 bits per heavy atom. The second-order valence-electron chi connectivity index (χ2n) is 5.74. The predicted octanol–water partition coefficient (Wildman–Crippen LogP) is 5.08. The molecule has 0 unspecified atom stereocenters. The first-order chi connectivity index (χ1) is 11.8. The Morgan fingerprint density at radius 2 is 0.958 bits per heavy atom. The maximum Gasteiger partial charge on any atom is 0.0867 e. The highest BCUT2D eigenvalue weighted by Gasteiger charge is 2.05. The molecule has 0 aromatic heterocycles. The third kappa shape index (κ3) is 5.54. The molecule has 126 valence electrons. The van der Waals surface area contributed by atoms with Crippen molar-refractivity contribution in [2.75, 3.05) is 0 Å². The third-order valence-electron chi connectivity index (χ3n) is 4.03. The third-order valence-corrected chi connectivity index (χ3v) is 4.03. The molecule has 4 heteroatoms. The second kappa shape index (κ2) is 10.2. The first-order valence-corrected chi connectivity index (χ1v) is 8.38. The van der Waals surface area contributed by atoms with Crippen molar-refractivity contribution in [1.82, 2.24) is 0 Å². The van der Waals surface area contributed by atoms with E-state index in [4.69, 9.17) is 10.4 Å². The normalized spacial score (nSPS) is 12.3. The molecule has 2 aromatic rings. The quantitative estimate of drug-likeness (QED) is 0.292. The lowest BCUT2D eigenvalue weighted by atomic mass is 10.0. The Bertz CT molecular complexity index is 592. The number of hydrogen-bond acceptors (Lipinski definition) is 4. The van der Waals surface area contributed by atoms with Crippen molar-refractivity contribution in [3.05, 3.63) is 71.8 Å². The van der Waals surface area contributed by atoms with E-state index in [0.717, 1.165) is 61.1 Å². The number of nitrogens with zero attached hydrogens (tertiary/aromatic N) is 2. The van der Waals surface area contributed by atoms with E-state index in [2.05, 4.69) is 10.3 Å². The molecule has 0 saturated heterocycles. The SMILES string of the molecule is ON=C(CCCCCCC(=NO)c1ccccc1)c1ccccc1. The number of hydrogen-bond donors (Lipinski definition) is 2. The van der Waals surface area contributed by atoms with Gasteiger partial charge < -0.3 is 10.4 Å². The molecule has 0 amide bonds. The minimum atomic E-state index is 0.734. The topological polar surface area (TPSA) is 65.2 Å². The van der Waals surface area contributed by atoms with Crippen LogP contribution in [0.15, 0.2) is 71.0 Å². The average molecular weight is 324 g/mol. The fourth-order valence-corrected chi connectivity index (χ4v) is 2.70. The van der Waals surface area contributed by atoms with Gasteiger partial charge in [-0.05, 0) is 36.8 Å². The van der Waals surface area contributed by atoms with Crippen molar-refractivity contribution in [1.29, 1.82) is 0 Å². The van der Waals surface area contributed by atoms with Gasteiger partial charge in [-0.1, -0.05) is 83.8 Å². The van der Waals surface area contributed by atoms with Crippen LogP contribution in [-0.2, 0) is 0 Å². The van der Waals surface area contributed by atoms with Crippen LogP contribution in [0, 0.1) is 0 Å². The summed E-state index contributed by atoms with van der Waals surface area (Å²) in [5.74, 6) is 0. The van der Waals surface area contributed by atoms with Crippen LogP contribution >= 0.6 is 0 Å². The van der Waals surface area contributed by atoms with Crippen molar-refractivity contribution < 1.29 is 10.4 Å². The van der Waals surface area contributed by atoms with Gasteiger partial charge in [-0.15, -0.1) is 0 Å². The Morgan fingerprint density at radius 1 is 0.583 bits per heavy atom. The summed E-state index contributed by atoms with van der Waals surface area (Å²) < 4.78 is 0. The summed E-state index contributed by atoms with van der Waals surface area (Å²) in [5.41, 5.74) is 3.41. The molecule has 0 aliphatic heterocycles. The standard InChI is InChI=1S/C20H24N2O2/c23-21-19(17-11-5-3-6-12-17)15-9-1-2-10-16-20(22-24)18-13-7-4-8-14-18/h3-8,11-14,23-24H,1-2,9-10,15-16H2. The van der Waals surface area contributed by atoms with Gasteiger partial charge in [0, 0.05) is 0 Å². The van der Waals surface area contributed by atoms with Gasteiger partial charge in [-0.2, -0.15) is 0 Å². The fraction of sp³-hybridized carbons (Fsp3) is 0.300. The van der Waals surface area contributed by atoms with Crippen molar-refractivity contribution in [3.8, 4) is 0 Å². The number of benzene rings is 2. The summed E-state index contributed by atoms with van der Waals surface area (Å²) in [6, 6.07) is 19.5. The van der Waals surface area contributed by atoms with Crippen LogP contribution in [0.2, 0.25) is 0 Å². The molecule has 4 nitrogen and oxygen atoms in total. The summed E-state index contributed by atoms with van der Waals surface area (Å²) in [6.07, 6.45) is 5.59. The Kier molecular flexibility index (Phi) is 7.54. The van der Waals surface area contributed by atoms with Crippen LogP contribution in [0.4, 0.5) is 0 Å². The first-order valence-electron chi connectivity index (χ1n) is 8.38. The molecule has 0 heterocycles. The average Bonchev–Trinajstić information content (AvgIpc) is 2.66. The smallest absolute Gasteiger partial charge is 0.0867 e. The zero-order valence-electron chi connectivity index (χ0n) is 13.8. The van der Waals surface area contributed by atoms with Crippen LogP contribution in [-0.4, -0.2) is 21.8 Å². The fourth-order valence-electron chi connectivity index (χ4n) is 2.70. The van der Waals surface area contributed by atoms with Crippen LogP contribution in [0.5, 0.6) is 0 Å². The van der Waals surface area contributed by atoms with Gasteiger partial charge in [0.1, 0.15) is 0 Å². The van der Waals surface area contributed by atoms with E-state index in [9.17, 15) is 0 Å². The minimum Gasteiger partial charge on any atom is -0.411 e. The molecule has 0 aliphatic carbocycles. The minimum absolute atomic E-state index is 0.734. The summed E-state index contributed by atoms with van der Waals surface area (Å²) in [6.45, 7) is 0. The van der Waals surface area contributed by atoms with Crippen molar-refractivity contribution in [2.45, 2.75) is 38.5 Å². The second-order valence-corrected chi connectivity index (χ2v) is 5.74. The lowest BCUT2D eigenvalue weighted by Gasteiger charge is -2.06. The molecule has 2 aromatic carbocycles. The molecular weight excluding hydrogens is 300 g/mol. The summed E-state index contributed by atoms with van der Waals surface area (Å²) in [7, 11) is 0. The van der Waals surface area contributed by atoms with E-state index >= 15 is 0 Å². The van der Waals surface area contributed by atoms with E-state index < -0.39 is 0 Å². The van der Waals surface area contributed by atoms with Crippen LogP contribution in [0.3, 0.4) is 0 Å². The lowest BCUT2D eigenvalue weighted by molar-refractivity contribution is 0.317. The molecule has 0 radical (unpaired) electrons. The van der Waals surface area contributed by atoms with Crippen molar-refractivity contribution in [2.24, 2.45) is 10.3 Å². The van der Waals surface area contributed by atoms with Crippen LogP contribution in [0.1, 0.15) is 49.7 Å². The van der Waals surface area contributed by atoms with E-state index in [1.807, 2.05) is 60.7 Å². The molecule has 0 spiro atoms. The van der Waals surface area contributed by atoms with Crippen LogP contribution in [0.25, 0.3) is 0 Å². The monoisotopic (exact) mass is 324 g/mol. The summed E-state index contributed by atoms with van der Waals surface area (Å²) in [4.78, 5) is 0. The highest BCUT2D eigenvalue weighted by atomic mass is 16.4. The summed E-state index contributed by atoms with van der Waals surface area (Å²) in [5, 5.41) is 25.2. The van der Waals surface area contributed by atoms with E-state index in [1.165, 1.54) is 0 Å². The Labute approximate surface area is 143 Å². The highest BCUT2D eigenvalue weighted by molar-refractivity contribution is 6.00. The molecule has 24 heavy (non-hydrogen) atoms. The number of unbranched alkanes of at least 4 members (excludes halogenated alkanes) is 3. The molecule has 0 aliphatic rings. The van der Waals surface area contributed by atoms with Crippen molar-refractivity contribution in [3.63, 3.8) is 0 Å². The van der Waals surface area contributed by atoms with Gasteiger partial charge in [0.2, 0.25) is 0 Å². The summed E-state index contributed by atoms with van der Waals surface area (Å²) >= 11 is 0. The van der Waals surface area contributed by atoms with Gasteiger partial charge in [0.05, 0.1) is 11.4 Å². The number of rotatable bonds is 9. The van der Waals surface area contributed by atoms with Crippen LogP contribution < -0.4 is 0 Å². The van der Waals surface area contributed by atoms with Gasteiger partial charge in [-0.3, -0.25) is 0 Å². The molecule has 0 fully saturated rings. The molecule has 2 rings (SSSR count). The molecule has 0 saturated carbocycles.